The lowest BCUT2D eigenvalue weighted by molar-refractivity contribution is -0.126. The van der Waals surface area contributed by atoms with Gasteiger partial charge < -0.3 is 0 Å². The largest absolute Gasteiger partial charge is 0.295 e. The molecule has 1 aromatic carbocycles. The van der Waals surface area contributed by atoms with Crippen molar-refractivity contribution in [3.8, 4) is 0 Å². The Morgan fingerprint density at radius 3 is 2.38 bits per heavy atom. The van der Waals surface area contributed by atoms with Gasteiger partial charge in [0, 0.05) is 6.42 Å². The van der Waals surface area contributed by atoms with Crippen LogP contribution in [0.4, 0.5) is 0 Å². The first-order chi connectivity index (χ1) is 7.54. The highest BCUT2D eigenvalue weighted by Crippen LogP contribution is 2.34. The lowest BCUT2D eigenvalue weighted by Gasteiger charge is -2.30. The Bertz CT molecular complexity index is 471. The highest BCUT2D eigenvalue weighted by molar-refractivity contribution is 6.13. The van der Waals surface area contributed by atoms with Gasteiger partial charge in [-0.25, -0.2) is 0 Å². The molecule has 1 aliphatic carbocycles. The maximum atomic E-state index is 12.2. The van der Waals surface area contributed by atoms with E-state index < -0.39 is 5.41 Å². The normalized spacial score (nSPS) is 25.5. The number of allylic oxidation sites excluding steroid dienone is 2. The summed E-state index contributed by atoms with van der Waals surface area (Å²) in [5.74, 6) is 0.0850. The van der Waals surface area contributed by atoms with Crippen LogP contribution in [0.2, 0.25) is 0 Å². The van der Waals surface area contributed by atoms with Gasteiger partial charge in [-0.3, -0.25) is 9.59 Å². The Kier molecular flexibility index (Phi) is 2.50. The third-order valence-corrected chi connectivity index (χ3v) is 3.18. The fourth-order valence-corrected chi connectivity index (χ4v) is 2.26. The average molecular weight is 214 g/mol. The summed E-state index contributed by atoms with van der Waals surface area (Å²) in [6.45, 7) is 3.56. The summed E-state index contributed by atoms with van der Waals surface area (Å²) in [5.41, 5.74) is 0.792. The molecule has 0 aliphatic heterocycles. The van der Waals surface area contributed by atoms with E-state index >= 15 is 0 Å². The number of carbonyl (C=O) groups is 2. The molecule has 1 aromatic rings. The molecule has 1 atom stereocenters. The number of hydrogen-bond donors (Lipinski definition) is 0. The first-order valence-electron chi connectivity index (χ1n) is 5.35. The highest BCUT2D eigenvalue weighted by atomic mass is 16.1. The number of hydrogen-bond acceptors (Lipinski definition) is 2. The SMILES string of the molecule is CC1=CC(=O)CC(C)(c2ccccc2)C1=O. The highest BCUT2D eigenvalue weighted by Gasteiger charge is 2.40. The maximum absolute atomic E-state index is 12.2. The molecule has 1 unspecified atom stereocenters. The Morgan fingerprint density at radius 1 is 1.12 bits per heavy atom. The molecule has 2 heteroatoms. The van der Waals surface area contributed by atoms with Gasteiger partial charge in [0.2, 0.25) is 0 Å². The van der Waals surface area contributed by atoms with Crippen LogP contribution in [0.15, 0.2) is 42.0 Å². The predicted molar refractivity (Wildman–Crippen MR) is 62.2 cm³/mol. The molecule has 0 heterocycles. The topological polar surface area (TPSA) is 34.1 Å². The number of ketones is 2. The molecule has 16 heavy (non-hydrogen) atoms. The van der Waals surface area contributed by atoms with Gasteiger partial charge in [0.05, 0.1) is 5.41 Å². The fourth-order valence-electron chi connectivity index (χ4n) is 2.26. The van der Waals surface area contributed by atoms with Crippen molar-refractivity contribution in [2.45, 2.75) is 25.7 Å². The first-order valence-corrected chi connectivity index (χ1v) is 5.35. The van der Waals surface area contributed by atoms with Gasteiger partial charge in [-0.05, 0) is 31.1 Å². The predicted octanol–water partition coefficient (Wildman–Crippen LogP) is 2.43. The van der Waals surface area contributed by atoms with Crippen molar-refractivity contribution in [2.24, 2.45) is 0 Å². The second-order valence-electron chi connectivity index (χ2n) is 4.50. The van der Waals surface area contributed by atoms with E-state index in [-0.39, 0.29) is 18.0 Å². The monoisotopic (exact) mass is 214 g/mol. The minimum atomic E-state index is -0.683. The van der Waals surface area contributed by atoms with Crippen molar-refractivity contribution in [2.75, 3.05) is 0 Å². The zero-order valence-corrected chi connectivity index (χ0v) is 9.49. The summed E-state index contributed by atoms with van der Waals surface area (Å²) in [7, 11) is 0. The Labute approximate surface area is 95.0 Å². The van der Waals surface area contributed by atoms with Crippen LogP contribution in [-0.4, -0.2) is 11.6 Å². The van der Waals surface area contributed by atoms with E-state index in [2.05, 4.69) is 0 Å². The summed E-state index contributed by atoms with van der Waals surface area (Å²) < 4.78 is 0. The van der Waals surface area contributed by atoms with Crippen LogP contribution in [0.3, 0.4) is 0 Å². The smallest absolute Gasteiger partial charge is 0.169 e. The standard InChI is InChI=1S/C14H14O2/c1-10-8-12(15)9-14(2,13(10)16)11-6-4-3-5-7-11/h3-8H,9H2,1-2H3. The zero-order valence-electron chi connectivity index (χ0n) is 9.49. The molecular weight excluding hydrogens is 200 g/mol. The molecule has 0 fully saturated rings. The van der Waals surface area contributed by atoms with Gasteiger partial charge in [0.25, 0.3) is 0 Å². The average Bonchev–Trinajstić information content (AvgIpc) is 2.27. The second kappa shape index (κ2) is 3.71. The van der Waals surface area contributed by atoms with E-state index in [1.54, 1.807) is 6.92 Å². The summed E-state index contributed by atoms with van der Waals surface area (Å²) in [5, 5.41) is 0. The van der Waals surface area contributed by atoms with E-state index in [9.17, 15) is 9.59 Å². The molecule has 2 nitrogen and oxygen atoms in total. The van der Waals surface area contributed by atoms with Gasteiger partial charge in [-0.1, -0.05) is 30.3 Å². The summed E-state index contributed by atoms with van der Waals surface area (Å²) in [4.78, 5) is 23.8. The van der Waals surface area contributed by atoms with Gasteiger partial charge in [-0.2, -0.15) is 0 Å². The molecule has 82 valence electrons. The first kappa shape index (κ1) is 10.8. The quantitative estimate of drug-likeness (QED) is 0.719. The molecule has 1 aliphatic rings. The molecular formula is C14H14O2. The van der Waals surface area contributed by atoms with E-state index in [0.717, 1.165) is 5.56 Å². The number of rotatable bonds is 1. The number of Topliss-reactive ketones (excluding diaryl/α,β-unsaturated/α-hetero) is 1. The van der Waals surface area contributed by atoms with Crippen LogP contribution in [-0.2, 0) is 15.0 Å². The van der Waals surface area contributed by atoms with Crippen LogP contribution in [0, 0.1) is 0 Å². The Hall–Kier alpha value is -1.70. The zero-order chi connectivity index (χ0) is 11.8. The van der Waals surface area contributed by atoms with Crippen molar-refractivity contribution in [1.82, 2.24) is 0 Å². The Morgan fingerprint density at radius 2 is 1.75 bits per heavy atom. The van der Waals surface area contributed by atoms with Crippen molar-refractivity contribution in [3.63, 3.8) is 0 Å². The van der Waals surface area contributed by atoms with Gasteiger partial charge in [0.1, 0.15) is 0 Å². The molecule has 0 aromatic heterocycles. The van der Waals surface area contributed by atoms with E-state index in [1.165, 1.54) is 6.08 Å². The van der Waals surface area contributed by atoms with Crippen molar-refractivity contribution >= 4 is 11.6 Å². The number of benzene rings is 1. The minimum absolute atomic E-state index is 0.0310. The molecule has 2 rings (SSSR count). The third kappa shape index (κ3) is 1.60. The molecule has 0 bridgehead atoms. The van der Waals surface area contributed by atoms with E-state index in [4.69, 9.17) is 0 Å². The maximum Gasteiger partial charge on any atom is 0.169 e. The molecule has 0 spiro atoms. The van der Waals surface area contributed by atoms with E-state index in [0.29, 0.717) is 5.57 Å². The fraction of sp³-hybridized carbons (Fsp3) is 0.286. The number of carbonyl (C=O) groups excluding carboxylic acids is 2. The lowest BCUT2D eigenvalue weighted by atomic mass is 9.70. The van der Waals surface area contributed by atoms with Crippen molar-refractivity contribution in [1.29, 1.82) is 0 Å². The van der Waals surface area contributed by atoms with E-state index in [1.807, 2.05) is 37.3 Å². The molecule has 0 N–H and O–H groups in total. The van der Waals surface area contributed by atoms with Crippen LogP contribution in [0.5, 0.6) is 0 Å². The van der Waals surface area contributed by atoms with Crippen LogP contribution >= 0.6 is 0 Å². The van der Waals surface area contributed by atoms with Crippen LogP contribution < -0.4 is 0 Å². The lowest BCUT2D eigenvalue weighted by Crippen LogP contribution is -2.38. The molecule has 0 amide bonds. The Balaban J connectivity index is 2.51. The van der Waals surface area contributed by atoms with Crippen LogP contribution in [0.25, 0.3) is 0 Å². The van der Waals surface area contributed by atoms with Gasteiger partial charge >= 0.3 is 0 Å². The minimum Gasteiger partial charge on any atom is -0.295 e. The van der Waals surface area contributed by atoms with Crippen molar-refractivity contribution < 1.29 is 9.59 Å². The molecule has 0 saturated carbocycles. The summed E-state index contributed by atoms with van der Waals surface area (Å²) >= 11 is 0. The van der Waals surface area contributed by atoms with Gasteiger partial charge in [-0.15, -0.1) is 0 Å². The second-order valence-corrected chi connectivity index (χ2v) is 4.50. The molecule has 0 radical (unpaired) electrons. The summed E-state index contributed by atoms with van der Waals surface area (Å²) in [6.07, 6.45) is 1.72. The van der Waals surface area contributed by atoms with Crippen LogP contribution in [0.1, 0.15) is 25.8 Å². The van der Waals surface area contributed by atoms with Crippen molar-refractivity contribution in [3.05, 3.63) is 47.5 Å². The van der Waals surface area contributed by atoms with Gasteiger partial charge in [0.15, 0.2) is 11.6 Å². The molecule has 0 saturated heterocycles. The summed E-state index contributed by atoms with van der Waals surface area (Å²) in [6, 6.07) is 9.51. The third-order valence-electron chi connectivity index (χ3n) is 3.18.